The Hall–Kier alpha value is -4.05. The number of nitrogens with one attached hydrogen (secondary N) is 2. The summed E-state index contributed by atoms with van der Waals surface area (Å²) in [5, 5.41) is 16.7. The number of rotatable bonds is 10. The number of methoxy groups -OCH3 is 2. The van der Waals surface area contributed by atoms with Gasteiger partial charge in [-0.25, -0.2) is 0 Å². The highest BCUT2D eigenvalue weighted by Gasteiger charge is 2.16. The van der Waals surface area contributed by atoms with Crippen LogP contribution < -0.4 is 20.1 Å². The van der Waals surface area contributed by atoms with Crippen molar-refractivity contribution < 1.29 is 24.0 Å². The number of anilines is 2. The monoisotopic (exact) mass is 481 g/mol. The maximum absolute atomic E-state index is 12.8. The first-order valence-corrected chi connectivity index (χ1v) is 11.3. The highest BCUT2D eigenvalue weighted by molar-refractivity contribution is 7.99. The van der Waals surface area contributed by atoms with Crippen molar-refractivity contribution in [1.82, 2.24) is 0 Å². The molecular weight excluding hydrogens is 458 g/mol. The van der Waals surface area contributed by atoms with E-state index in [1.165, 1.54) is 31.0 Å². The summed E-state index contributed by atoms with van der Waals surface area (Å²) < 4.78 is 10.2. The number of nitro groups is 1. The van der Waals surface area contributed by atoms with Gasteiger partial charge in [0.25, 0.3) is 5.91 Å². The van der Waals surface area contributed by atoms with E-state index in [-0.39, 0.29) is 29.0 Å². The van der Waals surface area contributed by atoms with Gasteiger partial charge in [0.15, 0.2) is 5.75 Å². The maximum Gasteiger partial charge on any atom is 0.311 e. The molecule has 0 bridgehead atoms. The highest BCUT2D eigenvalue weighted by Crippen LogP contribution is 2.29. The van der Waals surface area contributed by atoms with E-state index < -0.39 is 4.92 Å². The van der Waals surface area contributed by atoms with Crippen LogP contribution in [0.15, 0.2) is 66.7 Å². The average Bonchev–Trinajstić information content (AvgIpc) is 2.84. The number of benzene rings is 3. The second kappa shape index (κ2) is 11.7. The van der Waals surface area contributed by atoms with E-state index in [0.717, 1.165) is 0 Å². The SMILES string of the molecule is COc1cccc(NC(=O)c2ccccc2NC(=O)CSCc2ccc(OC)c([N+](=O)[O-])c2)c1. The highest BCUT2D eigenvalue weighted by atomic mass is 32.2. The molecule has 3 rings (SSSR count). The third-order valence-corrected chi connectivity index (χ3v) is 5.72. The van der Waals surface area contributed by atoms with Crippen LogP contribution in [0.5, 0.6) is 11.5 Å². The first-order valence-electron chi connectivity index (χ1n) is 10.1. The van der Waals surface area contributed by atoms with Crippen LogP contribution in [-0.2, 0) is 10.5 Å². The summed E-state index contributed by atoms with van der Waals surface area (Å²) >= 11 is 1.30. The fourth-order valence-corrected chi connectivity index (χ4v) is 3.88. The van der Waals surface area contributed by atoms with Gasteiger partial charge in [0, 0.05) is 23.6 Å². The van der Waals surface area contributed by atoms with Crippen LogP contribution in [0.1, 0.15) is 15.9 Å². The van der Waals surface area contributed by atoms with Crippen LogP contribution in [0.2, 0.25) is 0 Å². The van der Waals surface area contributed by atoms with Crippen molar-refractivity contribution >= 4 is 40.6 Å². The van der Waals surface area contributed by atoms with Gasteiger partial charge in [-0.05, 0) is 35.9 Å². The average molecular weight is 482 g/mol. The zero-order valence-corrected chi connectivity index (χ0v) is 19.4. The van der Waals surface area contributed by atoms with Crippen LogP contribution >= 0.6 is 11.8 Å². The van der Waals surface area contributed by atoms with E-state index in [1.54, 1.807) is 61.7 Å². The first kappa shape index (κ1) is 24.6. The number of ether oxygens (including phenoxy) is 2. The molecule has 0 fully saturated rings. The Morgan fingerprint density at radius 2 is 1.76 bits per heavy atom. The third kappa shape index (κ3) is 6.48. The summed E-state index contributed by atoms with van der Waals surface area (Å²) in [6.45, 7) is 0. The molecule has 0 saturated carbocycles. The lowest BCUT2D eigenvalue weighted by Gasteiger charge is -2.12. The molecule has 0 unspecified atom stereocenters. The summed E-state index contributed by atoms with van der Waals surface area (Å²) in [5.41, 5.74) is 1.84. The molecule has 0 atom stereocenters. The molecule has 0 heterocycles. The number of hydrogen-bond donors (Lipinski definition) is 2. The van der Waals surface area contributed by atoms with Gasteiger partial charge in [-0.15, -0.1) is 11.8 Å². The van der Waals surface area contributed by atoms with E-state index in [0.29, 0.717) is 34.0 Å². The van der Waals surface area contributed by atoms with E-state index in [1.807, 2.05) is 0 Å². The summed E-state index contributed by atoms with van der Waals surface area (Å²) in [5.74, 6) is 0.623. The van der Waals surface area contributed by atoms with Gasteiger partial charge >= 0.3 is 5.69 Å². The van der Waals surface area contributed by atoms with Crippen molar-refractivity contribution in [2.24, 2.45) is 0 Å². The Bertz CT molecular complexity index is 1200. The second-order valence-corrected chi connectivity index (χ2v) is 8.02. The standard InChI is InChI=1S/C24H23N3O6S/c1-32-18-7-5-6-17(13-18)25-24(29)19-8-3-4-9-20(19)26-23(28)15-34-14-16-10-11-22(33-2)21(12-16)27(30)31/h3-13H,14-15H2,1-2H3,(H,25,29)(H,26,28). The lowest BCUT2D eigenvalue weighted by Crippen LogP contribution is -2.19. The van der Waals surface area contributed by atoms with Gasteiger partial charge in [-0.2, -0.15) is 0 Å². The van der Waals surface area contributed by atoms with Gasteiger partial charge in [-0.3, -0.25) is 19.7 Å². The predicted molar refractivity (Wildman–Crippen MR) is 132 cm³/mol. The number of nitrogens with zero attached hydrogens (tertiary/aromatic N) is 1. The van der Waals surface area contributed by atoms with Crippen molar-refractivity contribution in [2.75, 3.05) is 30.6 Å². The molecule has 10 heteroatoms. The zero-order chi connectivity index (χ0) is 24.5. The van der Waals surface area contributed by atoms with Crippen molar-refractivity contribution in [3.8, 4) is 11.5 Å². The number of thioether (sulfide) groups is 1. The van der Waals surface area contributed by atoms with Crippen LogP contribution in [0.25, 0.3) is 0 Å². The first-order chi connectivity index (χ1) is 16.4. The lowest BCUT2D eigenvalue weighted by atomic mass is 10.1. The van der Waals surface area contributed by atoms with Gasteiger partial charge in [0.1, 0.15) is 5.75 Å². The Morgan fingerprint density at radius 3 is 2.50 bits per heavy atom. The van der Waals surface area contributed by atoms with Gasteiger partial charge in [-0.1, -0.05) is 24.3 Å². The van der Waals surface area contributed by atoms with Gasteiger partial charge < -0.3 is 20.1 Å². The molecule has 0 aliphatic rings. The van der Waals surface area contributed by atoms with E-state index in [2.05, 4.69) is 10.6 Å². The maximum atomic E-state index is 12.8. The molecule has 34 heavy (non-hydrogen) atoms. The van der Waals surface area contributed by atoms with Crippen molar-refractivity contribution in [3.63, 3.8) is 0 Å². The van der Waals surface area contributed by atoms with Gasteiger partial charge in [0.2, 0.25) is 5.91 Å². The normalized spacial score (nSPS) is 10.3. The lowest BCUT2D eigenvalue weighted by molar-refractivity contribution is -0.385. The van der Waals surface area contributed by atoms with Crippen molar-refractivity contribution in [1.29, 1.82) is 0 Å². The number of carbonyl (C=O) groups is 2. The molecule has 3 aromatic rings. The molecule has 0 spiro atoms. The molecule has 2 N–H and O–H groups in total. The molecular formula is C24H23N3O6S. The molecule has 0 aliphatic heterocycles. The number of nitro benzene ring substituents is 1. The third-order valence-electron chi connectivity index (χ3n) is 4.72. The molecule has 2 amide bonds. The number of para-hydroxylation sites is 1. The molecule has 176 valence electrons. The minimum atomic E-state index is -0.507. The minimum absolute atomic E-state index is 0.103. The number of amides is 2. The van der Waals surface area contributed by atoms with Crippen LogP contribution in [-0.4, -0.2) is 36.7 Å². The van der Waals surface area contributed by atoms with Crippen LogP contribution in [0, 0.1) is 10.1 Å². The molecule has 3 aromatic carbocycles. The fraction of sp³-hybridized carbons (Fsp3) is 0.167. The summed E-state index contributed by atoms with van der Waals surface area (Å²) in [7, 11) is 2.91. The Labute approximate surface area is 200 Å². The second-order valence-electron chi connectivity index (χ2n) is 7.04. The fourth-order valence-electron chi connectivity index (χ4n) is 3.11. The van der Waals surface area contributed by atoms with E-state index in [4.69, 9.17) is 9.47 Å². The van der Waals surface area contributed by atoms with Crippen molar-refractivity contribution in [2.45, 2.75) is 5.75 Å². The number of hydrogen-bond acceptors (Lipinski definition) is 7. The summed E-state index contributed by atoms with van der Waals surface area (Å²) in [6.07, 6.45) is 0. The number of carbonyl (C=O) groups excluding carboxylic acids is 2. The Balaban J connectivity index is 1.60. The van der Waals surface area contributed by atoms with E-state index >= 15 is 0 Å². The summed E-state index contributed by atoms with van der Waals surface area (Å²) in [6, 6.07) is 18.3. The molecule has 0 aliphatic carbocycles. The molecule has 0 radical (unpaired) electrons. The quantitative estimate of drug-likeness (QED) is 0.317. The van der Waals surface area contributed by atoms with Crippen molar-refractivity contribution in [3.05, 3.63) is 88.0 Å². The molecule has 0 aromatic heterocycles. The summed E-state index contributed by atoms with van der Waals surface area (Å²) in [4.78, 5) is 35.9. The van der Waals surface area contributed by atoms with Crippen LogP contribution in [0.4, 0.5) is 17.1 Å². The predicted octanol–water partition coefficient (Wildman–Crippen LogP) is 4.74. The molecule has 0 saturated heterocycles. The smallest absolute Gasteiger partial charge is 0.311 e. The molecule has 9 nitrogen and oxygen atoms in total. The largest absolute Gasteiger partial charge is 0.497 e. The Kier molecular flexibility index (Phi) is 8.47. The Morgan fingerprint density at radius 1 is 0.971 bits per heavy atom. The topological polar surface area (TPSA) is 120 Å². The van der Waals surface area contributed by atoms with Crippen LogP contribution in [0.3, 0.4) is 0 Å². The van der Waals surface area contributed by atoms with E-state index in [9.17, 15) is 19.7 Å². The van der Waals surface area contributed by atoms with Gasteiger partial charge in [0.05, 0.1) is 36.1 Å². The minimum Gasteiger partial charge on any atom is -0.497 e. The zero-order valence-electron chi connectivity index (χ0n) is 18.6.